The van der Waals surface area contributed by atoms with E-state index in [-0.39, 0.29) is 0 Å². The number of rotatable bonds is 4. The maximum absolute atomic E-state index is 2.53. The van der Waals surface area contributed by atoms with Crippen LogP contribution in [0.1, 0.15) is 87.0 Å². The topological polar surface area (TPSA) is 0 Å². The highest BCUT2D eigenvalue weighted by atomic mass is 14.4. The van der Waals surface area contributed by atoms with Crippen LogP contribution in [0.5, 0.6) is 0 Å². The molecule has 1 aliphatic rings. The molecule has 1 aliphatic carbocycles. The zero-order valence-electron chi connectivity index (χ0n) is 14.0. The van der Waals surface area contributed by atoms with Crippen LogP contribution in [-0.4, -0.2) is 0 Å². The number of hydrogen-bond donors (Lipinski definition) is 0. The Hall–Kier alpha value is -0.260. The zero-order chi connectivity index (χ0) is 14.2. The lowest BCUT2D eigenvalue weighted by molar-refractivity contribution is 0.180. The molecule has 108 valence electrons. The van der Waals surface area contributed by atoms with Crippen molar-refractivity contribution in [2.45, 2.75) is 87.0 Å². The molecule has 0 nitrogen and oxygen atoms in total. The van der Waals surface area contributed by atoms with Gasteiger partial charge in [-0.1, -0.05) is 73.0 Å². The Labute approximate surface area is 116 Å². The first-order chi connectivity index (χ1) is 8.35. The molecule has 0 aromatic heterocycles. The van der Waals surface area contributed by atoms with Crippen LogP contribution in [0.25, 0.3) is 0 Å². The molecule has 0 saturated heterocycles. The maximum Gasteiger partial charge on any atom is -0.0265 e. The van der Waals surface area contributed by atoms with Gasteiger partial charge >= 0.3 is 0 Å². The Kier molecular flexibility index (Phi) is 8.65. The summed E-state index contributed by atoms with van der Waals surface area (Å²) in [4.78, 5) is 0. The van der Waals surface area contributed by atoms with E-state index in [4.69, 9.17) is 0 Å². The van der Waals surface area contributed by atoms with E-state index in [1.807, 2.05) is 0 Å². The maximum atomic E-state index is 2.53. The van der Waals surface area contributed by atoms with E-state index in [9.17, 15) is 0 Å². The highest BCUT2D eigenvalue weighted by Crippen LogP contribution is 2.43. The van der Waals surface area contributed by atoms with Crippen molar-refractivity contribution < 1.29 is 0 Å². The van der Waals surface area contributed by atoms with Gasteiger partial charge < -0.3 is 0 Å². The first-order valence-electron chi connectivity index (χ1n) is 8.03. The molecule has 1 rings (SSSR count). The smallest absolute Gasteiger partial charge is 0.0265 e. The first kappa shape index (κ1) is 17.7. The molecule has 0 amide bonds. The predicted molar refractivity (Wildman–Crippen MR) is 84.9 cm³/mol. The molecule has 0 radical (unpaired) electrons. The molecule has 0 spiro atoms. The van der Waals surface area contributed by atoms with Gasteiger partial charge in [0.15, 0.2) is 0 Å². The summed E-state index contributed by atoms with van der Waals surface area (Å²) in [7, 11) is 0. The summed E-state index contributed by atoms with van der Waals surface area (Å²) in [5.74, 6) is 1.71. The first-order valence-corrected chi connectivity index (χ1v) is 8.03. The van der Waals surface area contributed by atoms with Crippen molar-refractivity contribution in [2.75, 3.05) is 0 Å². The molecule has 0 aromatic carbocycles. The minimum absolute atomic E-state index is 0.579. The highest BCUT2D eigenvalue weighted by Gasteiger charge is 2.31. The van der Waals surface area contributed by atoms with Crippen molar-refractivity contribution in [3.05, 3.63) is 11.6 Å². The van der Waals surface area contributed by atoms with Gasteiger partial charge in [0.2, 0.25) is 0 Å². The van der Waals surface area contributed by atoms with Gasteiger partial charge in [-0.25, -0.2) is 0 Å². The second-order valence-corrected chi connectivity index (χ2v) is 7.01. The Bertz CT molecular complexity index is 234. The molecule has 0 heterocycles. The van der Waals surface area contributed by atoms with Crippen LogP contribution in [0.2, 0.25) is 0 Å². The molecule has 0 saturated carbocycles. The van der Waals surface area contributed by atoms with E-state index in [1.165, 1.54) is 38.5 Å². The molecule has 18 heavy (non-hydrogen) atoms. The van der Waals surface area contributed by atoms with Crippen LogP contribution in [-0.2, 0) is 0 Å². The summed E-state index contributed by atoms with van der Waals surface area (Å²) in [6, 6.07) is 0. The van der Waals surface area contributed by atoms with Crippen molar-refractivity contribution in [3.63, 3.8) is 0 Å². The zero-order valence-corrected chi connectivity index (χ0v) is 14.0. The van der Waals surface area contributed by atoms with Gasteiger partial charge in [-0.2, -0.15) is 0 Å². The highest BCUT2D eigenvalue weighted by molar-refractivity contribution is 5.10. The van der Waals surface area contributed by atoms with Gasteiger partial charge in [0.05, 0.1) is 0 Å². The van der Waals surface area contributed by atoms with Crippen LogP contribution < -0.4 is 0 Å². The molecular weight excluding hydrogens is 216 g/mol. The summed E-state index contributed by atoms with van der Waals surface area (Å²) in [5.41, 5.74) is 2.31. The lowest BCUT2D eigenvalue weighted by atomic mass is 9.67. The van der Waals surface area contributed by atoms with Gasteiger partial charge in [0.1, 0.15) is 0 Å². The molecule has 1 unspecified atom stereocenters. The van der Waals surface area contributed by atoms with Crippen LogP contribution >= 0.6 is 0 Å². The molecule has 2 atom stereocenters. The predicted octanol–water partition coefficient (Wildman–Crippen LogP) is 6.61. The van der Waals surface area contributed by atoms with Gasteiger partial charge in [0.25, 0.3) is 0 Å². The van der Waals surface area contributed by atoms with E-state index < -0.39 is 0 Å². The third kappa shape index (κ3) is 6.61. The fourth-order valence-electron chi connectivity index (χ4n) is 2.40. The number of unbranched alkanes of at least 4 members (excludes halogenated alkanes) is 1. The van der Waals surface area contributed by atoms with E-state index in [1.54, 1.807) is 5.57 Å². The lowest BCUT2D eigenvalue weighted by Crippen LogP contribution is -2.27. The van der Waals surface area contributed by atoms with Crippen molar-refractivity contribution in [3.8, 4) is 0 Å². The second kappa shape index (κ2) is 8.77. The average molecular weight is 252 g/mol. The van der Waals surface area contributed by atoms with Crippen LogP contribution in [0.15, 0.2) is 11.6 Å². The number of allylic oxidation sites excluding steroid dienone is 2. The quantitative estimate of drug-likeness (QED) is 0.494. The van der Waals surface area contributed by atoms with Crippen molar-refractivity contribution in [1.82, 2.24) is 0 Å². The molecule has 0 heteroatoms. The molecule has 0 N–H and O–H groups in total. The van der Waals surface area contributed by atoms with Crippen molar-refractivity contribution in [1.29, 1.82) is 0 Å². The molecule has 0 aromatic rings. The second-order valence-electron chi connectivity index (χ2n) is 7.01. The minimum Gasteiger partial charge on any atom is -0.0848 e. The Morgan fingerprint density at radius 3 is 2.22 bits per heavy atom. The Balaban J connectivity index is 0.000000631. The molecular formula is C18H36. The van der Waals surface area contributed by atoms with Crippen LogP contribution in [0.3, 0.4) is 0 Å². The summed E-state index contributed by atoms with van der Waals surface area (Å²) in [6.45, 7) is 16.0. The third-order valence-electron chi connectivity index (χ3n) is 4.27. The Morgan fingerprint density at radius 1 is 1.28 bits per heavy atom. The normalized spacial score (nSPS) is 27.6. The van der Waals surface area contributed by atoms with Crippen LogP contribution in [0, 0.1) is 17.3 Å². The average Bonchev–Trinajstić information content (AvgIpc) is 2.30. The summed E-state index contributed by atoms with van der Waals surface area (Å²) in [5, 5.41) is 0. The van der Waals surface area contributed by atoms with Crippen molar-refractivity contribution >= 4 is 0 Å². The SMILES string of the molecule is CC(C)C.CCCCC1=CC[C@@](C)(CC)C(C)C1. The number of hydrogen-bond acceptors (Lipinski definition) is 0. The van der Waals surface area contributed by atoms with E-state index in [0.29, 0.717) is 5.41 Å². The fourth-order valence-corrected chi connectivity index (χ4v) is 2.40. The Morgan fingerprint density at radius 2 is 1.83 bits per heavy atom. The fraction of sp³-hybridized carbons (Fsp3) is 0.889. The van der Waals surface area contributed by atoms with Crippen molar-refractivity contribution in [2.24, 2.45) is 17.3 Å². The van der Waals surface area contributed by atoms with Gasteiger partial charge in [-0.3, -0.25) is 0 Å². The summed E-state index contributed by atoms with van der Waals surface area (Å²) in [6.07, 6.45) is 10.6. The minimum atomic E-state index is 0.579. The van der Waals surface area contributed by atoms with Gasteiger partial charge in [-0.15, -0.1) is 0 Å². The lowest BCUT2D eigenvalue weighted by Gasteiger charge is -2.38. The molecule has 0 bridgehead atoms. The van der Waals surface area contributed by atoms with Gasteiger partial charge in [-0.05, 0) is 42.9 Å². The van der Waals surface area contributed by atoms with Gasteiger partial charge in [0, 0.05) is 0 Å². The van der Waals surface area contributed by atoms with E-state index in [0.717, 1.165) is 11.8 Å². The summed E-state index contributed by atoms with van der Waals surface area (Å²) >= 11 is 0. The molecule has 0 aliphatic heterocycles. The van der Waals surface area contributed by atoms with E-state index in [2.05, 4.69) is 54.5 Å². The van der Waals surface area contributed by atoms with Crippen LogP contribution in [0.4, 0.5) is 0 Å². The van der Waals surface area contributed by atoms with E-state index >= 15 is 0 Å². The standard InChI is InChI=1S/C14H26.C4H10/c1-5-7-8-13-9-10-14(4,6-2)12(3)11-13;1-4(2)3/h9,12H,5-8,10-11H2,1-4H3;4H,1-3H3/t12?,14-;/m1./s1. The third-order valence-corrected chi connectivity index (χ3v) is 4.27. The monoisotopic (exact) mass is 252 g/mol. The largest absolute Gasteiger partial charge is 0.0848 e. The molecule has 0 fully saturated rings. The summed E-state index contributed by atoms with van der Waals surface area (Å²) < 4.78 is 0.